The summed E-state index contributed by atoms with van der Waals surface area (Å²) >= 11 is 0. The number of hydrogen-bond donors (Lipinski definition) is 1. The van der Waals surface area contributed by atoms with Gasteiger partial charge >= 0.3 is 0 Å². The third-order valence-electron chi connectivity index (χ3n) is 5.01. The van der Waals surface area contributed by atoms with Crippen LogP contribution in [0.25, 0.3) is 11.1 Å². The van der Waals surface area contributed by atoms with Crippen molar-refractivity contribution < 1.29 is 9.47 Å². The van der Waals surface area contributed by atoms with Crippen molar-refractivity contribution in [1.29, 1.82) is 5.41 Å². The number of hydrogen-bond acceptors (Lipinski definition) is 3. The van der Waals surface area contributed by atoms with E-state index in [2.05, 4.69) is 48.5 Å². The molecule has 25 heavy (non-hydrogen) atoms. The lowest BCUT2D eigenvalue weighted by Crippen LogP contribution is -2.34. The summed E-state index contributed by atoms with van der Waals surface area (Å²) in [6.07, 6.45) is 3.47. The van der Waals surface area contributed by atoms with E-state index >= 15 is 0 Å². The van der Waals surface area contributed by atoms with Crippen molar-refractivity contribution in [2.75, 3.05) is 13.2 Å². The topological polar surface area (TPSA) is 45.6 Å². The molecule has 2 heterocycles. The Balaban J connectivity index is 1.52. The molecule has 0 aromatic heterocycles. The maximum atomic E-state index is 8.43. The average molecular weight is 336 g/mol. The van der Waals surface area contributed by atoms with Gasteiger partial charge in [-0.25, -0.2) is 0 Å². The van der Waals surface area contributed by atoms with Gasteiger partial charge in [0.1, 0.15) is 6.61 Å². The van der Waals surface area contributed by atoms with Gasteiger partial charge in [-0.3, -0.25) is 5.41 Å². The molecule has 0 bridgehead atoms. The number of benzene rings is 2. The van der Waals surface area contributed by atoms with Crippen molar-refractivity contribution in [1.82, 2.24) is 4.90 Å². The van der Waals surface area contributed by atoms with Crippen molar-refractivity contribution >= 4 is 6.02 Å². The van der Waals surface area contributed by atoms with Crippen LogP contribution in [0, 0.1) is 5.41 Å². The third-order valence-corrected chi connectivity index (χ3v) is 5.01. The molecule has 1 saturated heterocycles. The van der Waals surface area contributed by atoms with Crippen LogP contribution in [0.3, 0.4) is 0 Å². The van der Waals surface area contributed by atoms with E-state index in [0.717, 1.165) is 19.4 Å². The Hall–Kier alpha value is -2.33. The maximum Gasteiger partial charge on any atom is 0.285 e. The highest BCUT2D eigenvalue weighted by Crippen LogP contribution is 2.32. The van der Waals surface area contributed by atoms with Crippen LogP contribution >= 0.6 is 0 Å². The van der Waals surface area contributed by atoms with Crippen LogP contribution in [0.15, 0.2) is 48.5 Å². The molecule has 0 saturated carbocycles. The summed E-state index contributed by atoms with van der Waals surface area (Å²) in [6, 6.07) is 17.1. The van der Waals surface area contributed by atoms with E-state index in [9.17, 15) is 0 Å². The first-order chi connectivity index (χ1) is 12.3. The Morgan fingerprint density at radius 2 is 1.64 bits per heavy atom. The molecule has 1 atom stereocenters. The molecule has 0 amide bonds. The first-order valence-electron chi connectivity index (χ1n) is 9.05. The minimum absolute atomic E-state index is 0.126. The normalized spacial score (nSPS) is 19.5. The van der Waals surface area contributed by atoms with Crippen LogP contribution in [0.2, 0.25) is 0 Å². The number of ether oxygens (including phenoxy) is 2. The van der Waals surface area contributed by atoms with Crippen LogP contribution < -0.4 is 0 Å². The van der Waals surface area contributed by atoms with Gasteiger partial charge in [0.25, 0.3) is 6.02 Å². The van der Waals surface area contributed by atoms with Crippen molar-refractivity contribution in [2.24, 2.45) is 0 Å². The van der Waals surface area contributed by atoms with Crippen LogP contribution in [0.1, 0.15) is 30.4 Å². The fourth-order valence-electron chi connectivity index (χ4n) is 3.65. The largest absolute Gasteiger partial charge is 0.463 e. The molecule has 1 unspecified atom stereocenters. The molecule has 4 heteroatoms. The molecular weight excluding hydrogens is 312 g/mol. The predicted molar refractivity (Wildman–Crippen MR) is 98.4 cm³/mol. The van der Waals surface area contributed by atoms with Gasteiger partial charge in [0.2, 0.25) is 0 Å². The summed E-state index contributed by atoms with van der Waals surface area (Å²) in [7, 11) is 0. The van der Waals surface area contributed by atoms with Crippen LogP contribution in [0.5, 0.6) is 0 Å². The Morgan fingerprint density at radius 1 is 1.00 bits per heavy atom. The zero-order chi connectivity index (χ0) is 17.1. The zero-order valence-corrected chi connectivity index (χ0v) is 14.4. The second kappa shape index (κ2) is 7.28. The summed E-state index contributed by atoms with van der Waals surface area (Å²) in [5.41, 5.74) is 4.97. The summed E-state index contributed by atoms with van der Waals surface area (Å²) in [4.78, 5) is 2.01. The molecule has 2 aromatic carbocycles. The van der Waals surface area contributed by atoms with E-state index in [4.69, 9.17) is 14.9 Å². The number of amidine groups is 1. The molecule has 130 valence electrons. The second-order valence-corrected chi connectivity index (χ2v) is 6.78. The fourth-order valence-corrected chi connectivity index (χ4v) is 3.65. The van der Waals surface area contributed by atoms with E-state index < -0.39 is 0 Å². The average Bonchev–Trinajstić information content (AvgIpc) is 2.84. The zero-order valence-electron chi connectivity index (χ0n) is 14.4. The second-order valence-electron chi connectivity index (χ2n) is 6.78. The Kier molecular flexibility index (Phi) is 4.70. The SMILES string of the molecule is N=C(OCC1CCCCO1)N1Cc2ccccc2-c2ccccc2C1. The number of nitrogens with zero attached hydrogens (tertiary/aromatic N) is 1. The minimum Gasteiger partial charge on any atom is -0.463 e. The minimum atomic E-state index is 0.126. The van der Waals surface area contributed by atoms with E-state index in [1.807, 2.05) is 4.90 Å². The van der Waals surface area contributed by atoms with Crippen LogP contribution in [-0.2, 0) is 22.6 Å². The van der Waals surface area contributed by atoms with E-state index in [0.29, 0.717) is 19.7 Å². The molecule has 1 N–H and O–H groups in total. The quantitative estimate of drug-likeness (QED) is 0.661. The molecule has 0 aliphatic carbocycles. The van der Waals surface area contributed by atoms with Crippen LogP contribution in [-0.4, -0.2) is 30.2 Å². The third kappa shape index (κ3) is 3.54. The van der Waals surface area contributed by atoms with Crippen molar-refractivity contribution in [2.45, 2.75) is 38.5 Å². The van der Waals surface area contributed by atoms with E-state index in [1.165, 1.54) is 28.7 Å². The predicted octanol–water partition coefficient (Wildman–Crippen LogP) is 4.19. The Bertz CT molecular complexity index is 706. The maximum absolute atomic E-state index is 8.43. The van der Waals surface area contributed by atoms with E-state index in [1.54, 1.807) is 0 Å². The molecule has 2 aromatic rings. The highest BCUT2D eigenvalue weighted by atomic mass is 16.5. The van der Waals surface area contributed by atoms with Crippen molar-refractivity contribution in [3.63, 3.8) is 0 Å². The number of nitrogens with one attached hydrogen (secondary N) is 1. The van der Waals surface area contributed by atoms with Gasteiger partial charge < -0.3 is 14.4 Å². The molecule has 1 fully saturated rings. The summed E-state index contributed by atoms with van der Waals surface area (Å²) in [6.45, 7) is 2.66. The lowest BCUT2D eigenvalue weighted by Gasteiger charge is -2.27. The van der Waals surface area contributed by atoms with Crippen molar-refractivity contribution in [3.05, 3.63) is 59.7 Å². The standard InChI is InChI=1S/C21H24N2O2/c22-21(25-15-18-9-5-6-12-24-18)23-13-16-7-1-3-10-19(16)20-11-4-2-8-17(20)14-23/h1-4,7-8,10-11,18,22H,5-6,9,12-15H2. The smallest absolute Gasteiger partial charge is 0.285 e. The van der Waals surface area contributed by atoms with Crippen LogP contribution in [0.4, 0.5) is 0 Å². The molecule has 0 spiro atoms. The highest BCUT2D eigenvalue weighted by molar-refractivity contribution is 5.76. The number of fused-ring (bicyclic) bond motifs is 3. The van der Waals surface area contributed by atoms with Crippen molar-refractivity contribution in [3.8, 4) is 11.1 Å². The Morgan fingerprint density at radius 3 is 2.24 bits per heavy atom. The number of rotatable bonds is 2. The fraction of sp³-hybridized carbons (Fsp3) is 0.381. The molecule has 2 aliphatic heterocycles. The molecular formula is C21H24N2O2. The van der Waals surface area contributed by atoms with Gasteiger partial charge in [-0.15, -0.1) is 0 Å². The lowest BCUT2D eigenvalue weighted by molar-refractivity contribution is -0.0182. The highest BCUT2D eigenvalue weighted by Gasteiger charge is 2.22. The summed E-state index contributed by atoms with van der Waals surface area (Å²) in [5, 5.41) is 8.43. The lowest BCUT2D eigenvalue weighted by atomic mass is 9.97. The van der Waals surface area contributed by atoms with Gasteiger partial charge in [0.15, 0.2) is 0 Å². The summed E-state index contributed by atoms with van der Waals surface area (Å²) < 4.78 is 11.5. The molecule has 0 radical (unpaired) electrons. The molecule has 2 aliphatic rings. The van der Waals surface area contributed by atoms with Gasteiger partial charge in [-0.2, -0.15) is 0 Å². The summed E-state index contributed by atoms with van der Waals surface area (Å²) in [5.74, 6) is 0. The molecule has 4 rings (SSSR count). The first kappa shape index (κ1) is 16.2. The van der Waals surface area contributed by atoms with Gasteiger partial charge in [0.05, 0.1) is 6.10 Å². The van der Waals surface area contributed by atoms with Gasteiger partial charge in [-0.1, -0.05) is 48.5 Å². The Labute approximate surface area is 148 Å². The monoisotopic (exact) mass is 336 g/mol. The van der Waals surface area contributed by atoms with Gasteiger partial charge in [-0.05, 0) is 41.5 Å². The molecule has 4 nitrogen and oxygen atoms in total. The first-order valence-corrected chi connectivity index (χ1v) is 9.05. The van der Waals surface area contributed by atoms with E-state index in [-0.39, 0.29) is 12.1 Å². The van der Waals surface area contributed by atoms with Gasteiger partial charge in [0, 0.05) is 19.7 Å².